The summed E-state index contributed by atoms with van der Waals surface area (Å²) in [4.78, 5) is 11.1. The number of nitrogens with two attached hydrogens (primary N) is 1. The molecule has 2 rings (SSSR count). The summed E-state index contributed by atoms with van der Waals surface area (Å²) in [6.45, 7) is 1.37. The summed E-state index contributed by atoms with van der Waals surface area (Å²) in [5, 5.41) is 0. The zero-order chi connectivity index (χ0) is 7.84. The van der Waals surface area contributed by atoms with Crippen LogP contribution >= 0.6 is 12.4 Å². The van der Waals surface area contributed by atoms with Crippen LogP contribution in [0.5, 0.6) is 0 Å². The summed E-state index contributed by atoms with van der Waals surface area (Å²) >= 11 is 0. The normalized spacial score (nSPS) is 40.4. The first-order valence-corrected chi connectivity index (χ1v) is 4.12. The Morgan fingerprint density at radius 1 is 1.25 bits per heavy atom. The smallest absolute Gasteiger partial charge is 0.133 e. The van der Waals surface area contributed by atoms with Crippen LogP contribution in [0.3, 0.4) is 0 Å². The number of carbonyl (C=O) groups is 1. The molecule has 70 valence electrons. The number of Topliss-reactive ketones (excluding diaryl/α,β-unsaturated/α-hetero) is 1. The number of ketones is 1. The SMILES string of the molecule is Cl.NC1C2COCC1CC(=O)C2. The second kappa shape index (κ2) is 3.73. The van der Waals surface area contributed by atoms with Crippen LogP contribution in [0, 0.1) is 11.8 Å². The number of hydrogen-bond acceptors (Lipinski definition) is 3. The fraction of sp³-hybridized carbons (Fsp3) is 0.875. The van der Waals surface area contributed by atoms with Crippen molar-refractivity contribution in [3.05, 3.63) is 0 Å². The summed E-state index contributed by atoms with van der Waals surface area (Å²) in [6.07, 6.45) is 1.27. The molecule has 2 atom stereocenters. The van der Waals surface area contributed by atoms with E-state index in [0.717, 1.165) is 0 Å². The lowest BCUT2D eigenvalue weighted by molar-refractivity contribution is -0.129. The van der Waals surface area contributed by atoms with Gasteiger partial charge in [0.15, 0.2) is 0 Å². The van der Waals surface area contributed by atoms with Crippen LogP contribution in [-0.4, -0.2) is 25.0 Å². The Bertz CT molecular complexity index is 170. The third-order valence-electron chi connectivity index (χ3n) is 2.73. The molecule has 1 saturated heterocycles. The Morgan fingerprint density at radius 2 is 1.75 bits per heavy atom. The zero-order valence-electron chi connectivity index (χ0n) is 6.86. The van der Waals surface area contributed by atoms with Crippen molar-refractivity contribution in [3.63, 3.8) is 0 Å². The second-order valence-corrected chi connectivity index (χ2v) is 3.58. The van der Waals surface area contributed by atoms with Gasteiger partial charge < -0.3 is 10.5 Å². The molecule has 1 saturated carbocycles. The largest absolute Gasteiger partial charge is 0.381 e. The highest BCUT2D eigenvalue weighted by atomic mass is 35.5. The molecule has 2 fully saturated rings. The monoisotopic (exact) mass is 191 g/mol. The first-order chi connectivity index (χ1) is 5.27. The van der Waals surface area contributed by atoms with Gasteiger partial charge in [-0.15, -0.1) is 12.4 Å². The van der Waals surface area contributed by atoms with Crippen LogP contribution in [0.4, 0.5) is 0 Å². The maximum Gasteiger partial charge on any atom is 0.133 e. The predicted molar refractivity (Wildman–Crippen MR) is 47.3 cm³/mol. The van der Waals surface area contributed by atoms with Gasteiger partial charge in [0, 0.05) is 30.7 Å². The number of fused-ring (bicyclic) bond motifs is 2. The van der Waals surface area contributed by atoms with Crippen molar-refractivity contribution in [2.24, 2.45) is 17.6 Å². The third kappa shape index (κ3) is 1.63. The van der Waals surface area contributed by atoms with Crippen LogP contribution < -0.4 is 5.73 Å². The van der Waals surface area contributed by atoms with E-state index in [-0.39, 0.29) is 18.4 Å². The van der Waals surface area contributed by atoms with Crippen molar-refractivity contribution in [3.8, 4) is 0 Å². The van der Waals surface area contributed by atoms with Crippen LogP contribution in [0.15, 0.2) is 0 Å². The molecule has 3 nitrogen and oxygen atoms in total. The Balaban J connectivity index is 0.000000720. The van der Waals surface area contributed by atoms with Gasteiger partial charge in [-0.25, -0.2) is 0 Å². The summed E-state index contributed by atoms with van der Waals surface area (Å²) in [6, 6.07) is 0.210. The van der Waals surface area contributed by atoms with Crippen molar-refractivity contribution in [1.82, 2.24) is 0 Å². The maximum atomic E-state index is 11.1. The summed E-state index contributed by atoms with van der Waals surface area (Å²) < 4.78 is 5.32. The molecule has 0 spiro atoms. The lowest BCUT2D eigenvalue weighted by Crippen LogP contribution is -2.50. The van der Waals surface area contributed by atoms with Gasteiger partial charge in [-0.1, -0.05) is 0 Å². The molecular weight excluding hydrogens is 178 g/mol. The highest BCUT2D eigenvalue weighted by Crippen LogP contribution is 2.30. The molecule has 1 aliphatic heterocycles. The zero-order valence-corrected chi connectivity index (χ0v) is 7.68. The van der Waals surface area contributed by atoms with E-state index < -0.39 is 0 Å². The van der Waals surface area contributed by atoms with Crippen molar-refractivity contribution in [2.75, 3.05) is 13.2 Å². The lowest BCUT2D eigenvalue weighted by atomic mass is 9.76. The number of rotatable bonds is 0. The molecule has 2 N–H and O–H groups in total. The van der Waals surface area contributed by atoms with Gasteiger partial charge in [0.25, 0.3) is 0 Å². The topological polar surface area (TPSA) is 52.3 Å². The average molecular weight is 192 g/mol. The molecule has 0 aromatic heterocycles. The Hall–Kier alpha value is -0.120. The van der Waals surface area contributed by atoms with Crippen molar-refractivity contribution in [1.29, 1.82) is 0 Å². The van der Waals surface area contributed by atoms with Crippen LogP contribution in [0.25, 0.3) is 0 Å². The Kier molecular flexibility index (Phi) is 3.09. The van der Waals surface area contributed by atoms with Crippen LogP contribution in [0.1, 0.15) is 12.8 Å². The molecule has 12 heavy (non-hydrogen) atoms. The Labute approximate surface area is 78.1 Å². The minimum atomic E-state index is 0. The standard InChI is InChI=1S/C8H13NO2.ClH/c9-8-5-1-7(10)2-6(8)4-11-3-5;/h5-6,8H,1-4,9H2;1H. The van der Waals surface area contributed by atoms with Gasteiger partial charge in [-0.3, -0.25) is 4.79 Å². The van der Waals surface area contributed by atoms with Gasteiger partial charge in [0.2, 0.25) is 0 Å². The van der Waals surface area contributed by atoms with Gasteiger partial charge in [-0.05, 0) is 0 Å². The van der Waals surface area contributed by atoms with Crippen molar-refractivity contribution >= 4 is 18.2 Å². The summed E-state index contributed by atoms with van der Waals surface area (Å²) in [5.74, 6) is 0.968. The van der Waals surface area contributed by atoms with Crippen molar-refractivity contribution in [2.45, 2.75) is 18.9 Å². The molecular formula is C8H14ClNO2. The van der Waals surface area contributed by atoms with Gasteiger partial charge >= 0.3 is 0 Å². The van der Waals surface area contributed by atoms with Gasteiger partial charge in [0.05, 0.1) is 13.2 Å². The van der Waals surface area contributed by atoms with E-state index in [9.17, 15) is 4.79 Å². The minimum Gasteiger partial charge on any atom is -0.381 e. The second-order valence-electron chi connectivity index (χ2n) is 3.58. The summed E-state index contributed by atoms with van der Waals surface area (Å²) in [5.41, 5.74) is 5.91. The highest BCUT2D eigenvalue weighted by Gasteiger charge is 2.37. The third-order valence-corrected chi connectivity index (χ3v) is 2.73. The fourth-order valence-corrected chi connectivity index (χ4v) is 2.04. The molecule has 0 aromatic rings. The molecule has 2 bridgehead atoms. The van der Waals surface area contributed by atoms with Gasteiger partial charge in [-0.2, -0.15) is 0 Å². The highest BCUT2D eigenvalue weighted by molar-refractivity contribution is 5.85. The van der Waals surface area contributed by atoms with Crippen LogP contribution in [0.2, 0.25) is 0 Å². The number of halogens is 1. The van der Waals surface area contributed by atoms with E-state index in [1.54, 1.807) is 0 Å². The molecule has 0 radical (unpaired) electrons. The first kappa shape index (κ1) is 9.96. The van der Waals surface area contributed by atoms with E-state index in [0.29, 0.717) is 43.7 Å². The van der Waals surface area contributed by atoms with Crippen molar-refractivity contribution < 1.29 is 9.53 Å². The minimum absolute atomic E-state index is 0. The molecule has 1 aliphatic carbocycles. The average Bonchev–Trinajstić information content (AvgIpc) is 1.92. The van der Waals surface area contributed by atoms with E-state index in [4.69, 9.17) is 10.5 Å². The van der Waals surface area contributed by atoms with E-state index >= 15 is 0 Å². The molecule has 1 heterocycles. The van der Waals surface area contributed by atoms with E-state index in [1.807, 2.05) is 0 Å². The molecule has 0 amide bonds. The Morgan fingerprint density at radius 3 is 2.25 bits per heavy atom. The molecule has 4 heteroatoms. The van der Waals surface area contributed by atoms with Gasteiger partial charge in [0.1, 0.15) is 5.78 Å². The first-order valence-electron chi connectivity index (χ1n) is 4.12. The quantitative estimate of drug-likeness (QED) is 0.602. The number of ether oxygens (including phenoxy) is 1. The maximum absolute atomic E-state index is 11.1. The van der Waals surface area contributed by atoms with Crippen LogP contribution in [-0.2, 0) is 9.53 Å². The summed E-state index contributed by atoms with van der Waals surface area (Å²) in [7, 11) is 0. The molecule has 2 aliphatic rings. The van der Waals surface area contributed by atoms with E-state index in [2.05, 4.69) is 0 Å². The molecule has 0 aromatic carbocycles. The number of carbonyl (C=O) groups excluding carboxylic acids is 1. The number of hydrogen-bond donors (Lipinski definition) is 1. The molecule has 2 unspecified atom stereocenters. The predicted octanol–water partition coefficient (Wildman–Crippen LogP) is 0.361. The fourth-order valence-electron chi connectivity index (χ4n) is 2.04. The lowest BCUT2D eigenvalue weighted by Gasteiger charge is -2.39. The van der Waals surface area contributed by atoms with E-state index in [1.165, 1.54) is 0 Å².